The van der Waals surface area contributed by atoms with Gasteiger partial charge in [0.2, 0.25) is 41.4 Å². The van der Waals surface area contributed by atoms with Crippen LogP contribution in [-0.4, -0.2) is 112 Å². The van der Waals surface area contributed by atoms with Gasteiger partial charge in [0.25, 0.3) is 0 Å². The summed E-state index contributed by atoms with van der Waals surface area (Å²) in [6.07, 6.45) is -1.71. The summed E-state index contributed by atoms with van der Waals surface area (Å²) < 4.78 is 5.32. The maximum atomic E-state index is 13.6. The highest BCUT2D eigenvalue weighted by Gasteiger charge is 2.34. The van der Waals surface area contributed by atoms with Crippen molar-refractivity contribution in [2.24, 2.45) is 17.6 Å². The molecule has 0 aliphatic carbocycles. The molecular formula is C42H60N8O12. The van der Waals surface area contributed by atoms with E-state index in [0.29, 0.717) is 11.1 Å². The van der Waals surface area contributed by atoms with Crippen molar-refractivity contribution in [2.45, 2.75) is 117 Å². The molecule has 20 heteroatoms. The fourth-order valence-corrected chi connectivity index (χ4v) is 5.75. The van der Waals surface area contributed by atoms with E-state index in [2.05, 4.69) is 37.2 Å². The van der Waals surface area contributed by atoms with E-state index in [1.807, 2.05) is 0 Å². The zero-order valence-electron chi connectivity index (χ0n) is 36.2. The largest absolute Gasteiger partial charge is 0.508 e. The maximum Gasteiger partial charge on any atom is 0.408 e. The van der Waals surface area contributed by atoms with E-state index in [9.17, 15) is 48.3 Å². The lowest BCUT2D eigenvalue weighted by Gasteiger charge is -2.28. The molecule has 2 rings (SSSR count). The lowest BCUT2D eigenvalue weighted by molar-refractivity contribution is -0.140. The van der Waals surface area contributed by atoms with E-state index in [0.717, 1.165) is 0 Å². The minimum atomic E-state index is -1.54. The van der Waals surface area contributed by atoms with Gasteiger partial charge in [-0.05, 0) is 62.8 Å². The molecule has 340 valence electrons. The fraction of sp³-hybridized carbons (Fsp3) is 0.500. The van der Waals surface area contributed by atoms with E-state index in [-0.39, 0.29) is 18.6 Å². The molecule has 2 aromatic rings. The van der Waals surface area contributed by atoms with Gasteiger partial charge in [0.15, 0.2) is 0 Å². The molecule has 0 fully saturated rings. The average Bonchev–Trinajstić information content (AvgIpc) is 3.17. The molecule has 0 saturated carbocycles. The van der Waals surface area contributed by atoms with E-state index in [4.69, 9.17) is 15.6 Å². The van der Waals surface area contributed by atoms with Crippen molar-refractivity contribution in [2.75, 3.05) is 6.54 Å². The molecule has 0 radical (unpaired) electrons. The number of rotatable bonds is 22. The SMILES string of the molecule is CC(C)[C@H](NC(=O)CNC(=O)[C@H](Cc1ccccc1)NC(=O)[C@@H](C)NC(=O)[C@H](Cc1ccc(O)cc1)NC(=O)OC(C)(C)C)C(=O)N[C@H](C(=O)N[C@@H](CC(=O)O)C(N)=O)C(C)C. The van der Waals surface area contributed by atoms with E-state index in [1.165, 1.54) is 19.1 Å². The second-order valence-electron chi connectivity index (χ2n) is 16.3. The molecule has 11 N–H and O–H groups in total. The Labute approximate surface area is 360 Å². The molecule has 0 unspecified atom stereocenters. The number of phenols is 1. The smallest absolute Gasteiger partial charge is 0.408 e. The van der Waals surface area contributed by atoms with Crippen LogP contribution in [0.25, 0.3) is 0 Å². The molecule has 6 atom stereocenters. The molecule has 0 spiro atoms. The Morgan fingerprint density at radius 1 is 0.613 bits per heavy atom. The van der Waals surface area contributed by atoms with Gasteiger partial charge in [-0.1, -0.05) is 70.2 Å². The van der Waals surface area contributed by atoms with Gasteiger partial charge in [-0.3, -0.25) is 38.4 Å². The number of benzene rings is 2. The normalized spacial score (nSPS) is 14.1. The Balaban J connectivity index is 2.17. The van der Waals surface area contributed by atoms with Crippen LogP contribution in [0.15, 0.2) is 54.6 Å². The number of aromatic hydroxyl groups is 1. The van der Waals surface area contributed by atoms with Crippen LogP contribution in [0.5, 0.6) is 5.75 Å². The summed E-state index contributed by atoms with van der Waals surface area (Å²) in [7, 11) is 0. The van der Waals surface area contributed by atoms with Gasteiger partial charge < -0.3 is 57.9 Å². The fourth-order valence-electron chi connectivity index (χ4n) is 5.75. The number of hydrogen-bond acceptors (Lipinski definition) is 11. The van der Waals surface area contributed by atoms with Gasteiger partial charge in [0.05, 0.1) is 13.0 Å². The third kappa shape index (κ3) is 18.3. The molecule has 0 saturated heterocycles. The summed E-state index contributed by atoms with van der Waals surface area (Å²) in [4.78, 5) is 116. The van der Waals surface area contributed by atoms with Crippen LogP contribution in [0.3, 0.4) is 0 Å². The number of nitrogens with one attached hydrogen (secondary N) is 7. The van der Waals surface area contributed by atoms with Crippen LogP contribution in [0, 0.1) is 11.8 Å². The van der Waals surface area contributed by atoms with Crippen LogP contribution < -0.4 is 43.0 Å². The number of alkyl carbamates (subject to hydrolysis) is 1. The predicted molar refractivity (Wildman–Crippen MR) is 225 cm³/mol. The van der Waals surface area contributed by atoms with Crippen molar-refractivity contribution in [3.8, 4) is 5.75 Å². The van der Waals surface area contributed by atoms with Gasteiger partial charge in [-0.2, -0.15) is 0 Å². The van der Waals surface area contributed by atoms with Crippen molar-refractivity contribution in [1.82, 2.24) is 37.2 Å². The number of carbonyl (C=O) groups is 9. The van der Waals surface area contributed by atoms with Crippen LogP contribution in [0.1, 0.15) is 72.9 Å². The van der Waals surface area contributed by atoms with Gasteiger partial charge in [-0.25, -0.2) is 4.79 Å². The van der Waals surface area contributed by atoms with Crippen LogP contribution in [0.4, 0.5) is 4.79 Å². The Kier molecular flexibility index (Phi) is 19.8. The summed E-state index contributed by atoms with van der Waals surface area (Å²) in [6.45, 7) is 12.1. The third-order valence-corrected chi connectivity index (χ3v) is 9.03. The first-order valence-corrected chi connectivity index (χ1v) is 20.0. The zero-order chi connectivity index (χ0) is 46.9. The minimum absolute atomic E-state index is 0.00344. The lowest BCUT2D eigenvalue weighted by atomic mass is 9.99. The lowest BCUT2D eigenvalue weighted by Crippen LogP contribution is -2.60. The number of phenolic OH excluding ortho intramolecular Hbond substituents is 1. The average molecular weight is 869 g/mol. The van der Waals surface area contributed by atoms with E-state index < -0.39 is 120 Å². The summed E-state index contributed by atoms with van der Waals surface area (Å²) in [6, 6.07) is 6.89. The third-order valence-electron chi connectivity index (χ3n) is 9.03. The van der Waals surface area contributed by atoms with Gasteiger partial charge in [-0.15, -0.1) is 0 Å². The Hall–Kier alpha value is -6.73. The van der Waals surface area contributed by atoms with Crippen LogP contribution >= 0.6 is 0 Å². The van der Waals surface area contributed by atoms with Crippen LogP contribution in [-0.2, 0) is 55.9 Å². The molecule has 0 aliphatic heterocycles. The molecule has 2 aromatic carbocycles. The second kappa shape index (κ2) is 23.9. The number of carboxylic acids is 1. The summed E-state index contributed by atoms with van der Waals surface area (Å²) in [5.41, 5.74) is 5.59. The summed E-state index contributed by atoms with van der Waals surface area (Å²) in [5, 5.41) is 36.2. The first-order valence-electron chi connectivity index (χ1n) is 20.0. The van der Waals surface area contributed by atoms with Gasteiger partial charge >= 0.3 is 12.1 Å². The monoisotopic (exact) mass is 868 g/mol. The molecule has 8 amide bonds. The molecular weight excluding hydrogens is 809 g/mol. The van der Waals surface area contributed by atoms with Gasteiger partial charge in [0, 0.05) is 12.8 Å². The predicted octanol–water partition coefficient (Wildman–Crippen LogP) is -0.0972. The highest BCUT2D eigenvalue weighted by Crippen LogP contribution is 2.14. The number of amides is 8. The van der Waals surface area contributed by atoms with Gasteiger partial charge in [0.1, 0.15) is 47.6 Å². The van der Waals surface area contributed by atoms with Crippen LogP contribution in [0.2, 0.25) is 0 Å². The second-order valence-corrected chi connectivity index (χ2v) is 16.3. The van der Waals surface area contributed by atoms with Crippen molar-refractivity contribution in [1.29, 1.82) is 0 Å². The topological polar surface area (TPSA) is 314 Å². The number of carbonyl (C=O) groups excluding carboxylic acids is 8. The number of nitrogens with two attached hydrogens (primary N) is 1. The molecule has 0 heterocycles. The molecule has 0 aliphatic rings. The Morgan fingerprint density at radius 3 is 1.63 bits per heavy atom. The molecule has 0 aromatic heterocycles. The Morgan fingerprint density at radius 2 is 1.11 bits per heavy atom. The van der Waals surface area contributed by atoms with Crippen molar-refractivity contribution in [3.63, 3.8) is 0 Å². The highest BCUT2D eigenvalue weighted by molar-refractivity contribution is 5.97. The van der Waals surface area contributed by atoms with Crippen molar-refractivity contribution in [3.05, 3.63) is 65.7 Å². The van der Waals surface area contributed by atoms with Crippen molar-refractivity contribution < 1.29 is 58.1 Å². The molecule has 20 nitrogen and oxygen atoms in total. The molecule has 62 heavy (non-hydrogen) atoms. The standard InChI is InChI=1S/C42H60N8O12/c1-22(2)33(40(60)50-34(23(3)4)39(59)46-28(35(43)55)20-32(53)54)49-31(52)21-44-37(57)29(18-25-12-10-9-11-13-25)47-36(56)24(5)45-38(58)30(48-41(61)62-42(6,7)8)19-26-14-16-27(51)17-15-26/h9-17,22-24,28-30,33-34,51H,18-21H2,1-8H3,(H2,43,55)(H,44,57)(H,45,58)(H,46,59)(H,47,56)(H,48,61)(H,49,52)(H,50,60)(H,53,54)/t24-,28+,29+,30+,33+,34+/m1/s1. The number of hydrogen-bond donors (Lipinski definition) is 10. The molecule has 0 bridgehead atoms. The summed E-state index contributed by atoms with van der Waals surface area (Å²) in [5.74, 6) is -8.29. The van der Waals surface area contributed by atoms with E-state index >= 15 is 0 Å². The summed E-state index contributed by atoms with van der Waals surface area (Å²) >= 11 is 0. The maximum absolute atomic E-state index is 13.6. The number of carboxylic acid groups (broad SMARTS) is 1. The highest BCUT2D eigenvalue weighted by atomic mass is 16.6. The van der Waals surface area contributed by atoms with E-state index in [1.54, 1.807) is 90.9 Å². The number of ether oxygens (including phenoxy) is 1. The zero-order valence-corrected chi connectivity index (χ0v) is 36.2. The number of primary amides is 1. The van der Waals surface area contributed by atoms with Crippen molar-refractivity contribution >= 4 is 53.4 Å². The first kappa shape index (κ1) is 51.4. The quantitative estimate of drug-likeness (QED) is 0.0743. The Bertz CT molecular complexity index is 1900. The number of aliphatic carboxylic acids is 1. The minimum Gasteiger partial charge on any atom is -0.508 e. The first-order chi connectivity index (χ1) is 28.9.